The van der Waals surface area contributed by atoms with Gasteiger partial charge in [0.2, 0.25) is 0 Å². The zero-order chi connectivity index (χ0) is 11.4. The van der Waals surface area contributed by atoms with Crippen molar-refractivity contribution in [1.82, 2.24) is 0 Å². The molecule has 0 spiro atoms. The summed E-state index contributed by atoms with van der Waals surface area (Å²) in [5.74, 6) is 0.252. The lowest BCUT2D eigenvalue weighted by Gasteiger charge is -2.04. The van der Waals surface area contributed by atoms with E-state index in [9.17, 15) is 9.90 Å². The molecule has 0 radical (unpaired) electrons. The molecule has 15 heavy (non-hydrogen) atoms. The van der Waals surface area contributed by atoms with Gasteiger partial charge in [-0.25, -0.2) is 0 Å². The van der Waals surface area contributed by atoms with Gasteiger partial charge in [-0.05, 0) is 38.1 Å². The van der Waals surface area contributed by atoms with Crippen molar-refractivity contribution in [2.45, 2.75) is 13.8 Å². The minimum atomic E-state index is -0.0895. The normalized spacial score (nSPS) is 9.53. The van der Waals surface area contributed by atoms with Crippen molar-refractivity contribution in [3.05, 3.63) is 35.4 Å². The number of carbonyl (C=O) groups excluding carboxylic acids is 1. The van der Waals surface area contributed by atoms with Gasteiger partial charge in [-0.1, -0.05) is 5.57 Å². The van der Waals surface area contributed by atoms with E-state index in [1.54, 1.807) is 12.1 Å². The Morgan fingerprint density at radius 1 is 1.40 bits per heavy atom. The van der Waals surface area contributed by atoms with E-state index < -0.39 is 0 Å². The van der Waals surface area contributed by atoms with Crippen molar-refractivity contribution in [3.8, 4) is 11.5 Å². The molecular weight excluding hydrogens is 192 g/mol. The zero-order valence-corrected chi connectivity index (χ0v) is 9.07. The van der Waals surface area contributed by atoms with E-state index in [0.717, 1.165) is 5.57 Å². The Morgan fingerprint density at radius 2 is 2.07 bits per heavy atom. The highest BCUT2D eigenvalue weighted by atomic mass is 16.5. The fourth-order valence-electron chi connectivity index (χ4n) is 1.18. The predicted octanol–water partition coefficient (Wildman–Crippen LogP) is 2.55. The van der Waals surface area contributed by atoms with Gasteiger partial charge in [0.05, 0.1) is 7.11 Å². The summed E-state index contributed by atoms with van der Waals surface area (Å²) >= 11 is 0. The van der Waals surface area contributed by atoms with Crippen LogP contribution in [-0.2, 0) is 0 Å². The quantitative estimate of drug-likeness (QED) is 0.610. The number of hydrogen-bond donors (Lipinski definition) is 1. The molecule has 0 aliphatic heterocycles. The summed E-state index contributed by atoms with van der Waals surface area (Å²) in [7, 11) is 1.45. The van der Waals surface area contributed by atoms with Crippen molar-refractivity contribution in [3.63, 3.8) is 0 Å². The zero-order valence-electron chi connectivity index (χ0n) is 9.07. The fraction of sp³-hybridized carbons (Fsp3) is 0.250. The smallest absolute Gasteiger partial charge is 0.185 e. The summed E-state index contributed by atoms with van der Waals surface area (Å²) < 4.78 is 4.92. The third-order valence-corrected chi connectivity index (χ3v) is 1.88. The molecule has 0 aliphatic carbocycles. The number of aromatic hydroxyl groups is 1. The Hall–Kier alpha value is -1.77. The lowest BCUT2D eigenvalue weighted by Crippen LogP contribution is -1.96. The van der Waals surface area contributed by atoms with Gasteiger partial charge < -0.3 is 9.84 Å². The van der Waals surface area contributed by atoms with Crippen molar-refractivity contribution >= 4 is 5.78 Å². The molecule has 0 aliphatic rings. The highest BCUT2D eigenvalue weighted by molar-refractivity contribution is 6.05. The first-order valence-electron chi connectivity index (χ1n) is 4.61. The maximum Gasteiger partial charge on any atom is 0.185 e. The summed E-state index contributed by atoms with van der Waals surface area (Å²) in [6.07, 6.45) is 1.55. The van der Waals surface area contributed by atoms with Crippen molar-refractivity contribution in [2.24, 2.45) is 0 Å². The van der Waals surface area contributed by atoms with Crippen molar-refractivity contribution in [2.75, 3.05) is 7.11 Å². The Labute approximate surface area is 89.0 Å². The standard InChI is InChI=1S/C12H14O3/c1-8(2)6-11(14)9-4-5-10(13)12(7-9)15-3/h4-7,13H,1-3H3. The van der Waals surface area contributed by atoms with E-state index in [4.69, 9.17) is 4.74 Å². The molecule has 0 fully saturated rings. The van der Waals surface area contributed by atoms with Crippen molar-refractivity contribution in [1.29, 1.82) is 0 Å². The van der Waals surface area contributed by atoms with Crippen LogP contribution in [0, 0.1) is 0 Å². The second-order valence-corrected chi connectivity index (χ2v) is 3.47. The largest absolute Gasteiger partial charge is 0.504 e. The molecule has 80 valence electrons. The molecule has 0 heterocycles. The van der Waals surface area contributed by atoms with Crippen LogP contribution in [0.2, 0.25) is 0 Å². The van der Waals surface area contributed by atoms with E-state index in [2.05, 4.69) is 0 Å². The van der Waals surface area contributed by atoms with Crippen LogP contribution in [0.25, 0.3) is 0 Å². The number of carbonyl (C=O) groups is 1. The molecule has 0 saturated heterocycles. The van der Waals surface area contributed by atoms with Gasteiger partial charge in [0.25, 0.3) is 0 Å². The van der Waals surface area contributed by atoms with Gasteiger partial charge in [0.1, 0.15) is 0 Å². The van der Waals surface area contributed by atoms with E-state index >= 15 is 0 Å². The van der Waals surface area contributed by atoms with Crippen LogP contribution in [-0.4, -0.2) is 18.0 Å². The number of ether oxygens (including phenoxy) is 1. The molecule has 1 rings (SSSR count). The van der Waals surface area contributed by atoms with E-state index in [1.807, 2.05) is 13.8 Å². The van der Waals surface area contributed by atoms with E-state index in [1.165, 1.54) is 19.2 Å². The molecule has 0 saturated carbocycles. The highest BCUT2D eigenvalue weighted by Gasteiger charge is 2.07. The Morgan fingerprint density at radius 3 is 2.60 bits per heavy atom. The molecule has 1 N–H and O–H groups in total. The van der Waals surface area contributed by atoms with Gasteiger partial charge >= 0.3 is 0 Å². The topological polar surface area (TPSA) is 46.5 Å². The number of methoxy groups -OCH3 is 1. The lowest BCUT2D eigenvalue weighted by molar-refractivity contribution is 0.104. The number of hydrogen-bond acceptors (Lipinski definition) is 3. The molecule has 0 aromatic heterocycles. The number of allylic oxidation sites excluding steroid dienone is 2. The molecule has 0 unspecified atom stereocenters. The highest BCUT2D eigenvalue weighted by Crippen LogP contribution is 2.26. The summed E-state index contributed by atoms with van der Waals surface area (Å²) in [4.78, 5) is 11.6. The molecule has 3 nitrogen and oxygen atoms in total. The van der Waals surface area contributed by atoms with E-state index in [0.29, 0.717) is 11.3 Å². The first kappa shape index (κ1) is 11.3. The number of ketones is 1. The molecule has 0 atom stereocenters. The monoisotopic (exact) mass is 206 g/mol. The molecule has 3 heteroatoms. The SMILES string of the molecule is COc1cc(C(=O)C=C(C)C)ccc1O. The Kier molecular flexibility index (Phi) is 3.50. The van der Waals surface area contributed by atoms with Gasteiger partial charge in [-0.3, -0.25) is 4.79 Å². The van der Waals surface area contributed by atoms with Crippen LogP contribution >= 0.6 is 0 Å². The average Bonchev–Trinajstić information content (AvgIpc) is 2.17. The predicted molar refractivity (Wildman–Crippen MR) is 58.4 cm³/mol. The number of benzene rings is 1. The first-order chi connectivity index (χ1) is 7.04. The van der Waals surface area contributed by atoms with Crippen LogP contribution in [0.15, 0.2) is 29.8 Å². The maximum atomic E-state index is 11.6. The first-order valence-corrected chi connectivity index (χ1v) is 4.61. The van der Waals surface area contributed by atoms with Crippen LogP contribution in [0.1, 0.15) is 24.2 Å². The van der Waals surface area contributed by atoms with Crippen molar-refractivity contribution < 1.29 is 14.6 Å². The minimum Gasteiger partial charge on any atom is -0.504 e. The number of phenols is 1. The van der Waals surface area contributed by atoms with Crippen LogP contribution in [0.3, 0.4) is 0 Å². The maximum absolute atomic E-state index is 11.6. The third-order valence-electron chi connectivity index (χ3n) is 1.88. The number of rotatable bonds is 3. The lowest BCUT2D eigenvalue weighted by atomic mass is 10.1. The molecule has 0 bridgehead atoms. The molecule has 1 aromatic carbocycles. The summed E-state index contributed by atoms with van der Waals surface area (Å²) in [5, 5.41) is 9.35. The van der Waals surface area contributed by atoms with Gasteiger partial charge in [0, 0.05) is 5.56 Å². The second-order valence-electron chi connectivity index (χ2n) is 3.47. The van der Waals surface area contributed by atoms with Gasteiger partial charge in [0.15, 0.2) is 17.3 Å². The molecular formula is C12H14O3. The van der Waals surface area contributed by atoms with Gasteiger partial charge in [-0.15, -0.1) is 0 Å². The Bertz CT molecular complexity index is 401. The molecule has 0 amide bonds. The summed E-state index contributed by atoms with van der Waals surface area (Å²) in [5.41, 5.74) is 1.44. The average molecular weight is 206 g/mol. The number of phenolic OH excluding ortho intramolecular Hbond substituents is 1. The summed E-state index contributed by atoms with van der Waals surface area (Å²) in [6, 6.07) is 4.54. The fourth-order valence-corrected chi connectivity index (χ4v) is 1.18. The van der Waals surface area contributed by atoms with Gasteiger partial charge in [-0.2, -0.15) is 0 Å². The third kappa shape index (κ3) is 2.84. The molecule has 1 aromatic rings. The van der Waals surface area contributed by atoms with Crippen LogP contribution in [0.4, 0.5) is 0 Å². The summed E-state index contributed by atoms with van der Waals surface area (Å²) in [6.45, 7) is 3.71. The van der Waals surface area contributed by atoms with Crippen LogP contribution < -0.4 is 4.74 Å². The second kappa shape index (κ2) is 4.64. The van der Waals surface area contributed by atoms with Crippen LogP contribution in [0.5, 0.6) is 11.5 Å². The Balaban J connectivity index is 3.06. The minimum absolute atomic E-state index is 0.0336. The van der Waals surface area contributed by atoms with E-state index in [-0.39, 0.29) is 11.5 Å².